The Labute approximate surface area is 178 Å². The van der Waals surface area contributed by atoms with E-state index in [4.69, 9.17) is 0 Å². The molecule has 3 fully saturated rings. The molecule has 2 heteroatoms. The molecule has 0 heterocycles. The second-order valence-electron chi connectivity index (χ2n) is 12.4. The zero-order valence-electron chi connectivity index (χ0n) is 19.8. The molecule has 4 aliphatic carbocycles. The van der Waals surface area contributed by atoms with Gasteiger partial charge in [0.05, 0.1) is 5.41 Å². The molecule has 0 spiro atoms. The molecular weight excluding hydrogens is 356 g/mol. The topological polar surface area (TPSA) is 37.3 Å². The molecule has 8 atom stereocenters. The van der Waals surface area contributed by atoms with E-state index in [1.165, 1.54) is 38.5 Å². The lowest BCUT2D eigenvalue weighted by atomic mass is 9.42. The van der Waals surface area contributed by atoms with Crippen molar-refractivity contribution in [2.24, 2.45) is 51.8 Å². The maximum atomic E-state index is 12.3. The molecule has 164 valence electrons. The van der Waals surface area contributed by atoms with Gasteiger partial charge in [-0.15, -0.1) is 0 Å². The van der Waals surface area contributed by atoms with Crippen molar-refractivity contribution in [2.75, 3.05) is 0 Å². The average Bonchev–Trinajstić information content (AvgIpc) is 2.66. The molecule has 0 aromatic heterocycles. The Kier molecular flexibility index (Phi) is 5.27. The highest BCUT2D eigenvalue weighted by molar-refractivity contribution is 5.75. The molecule has 7 unspecified atom stereocenters. The predicted octanol–water partition coefficient (Wildman–Crippen LogP) is 7.34. The normalized spacial score (nSPS) is 47.2. The van der Waals surface area contributed by atoms with Gasteiger partial charge in [-0.05, 0) is 98.2 Å². The Morgan fingerprint density at radius 3 is 2.52 bits per heavy atom. The predicted molar refractivity (Wildman–Crippen MR) is 120 cm³/mol. The minimum Gasteiger partial charge on any atom is -0.481 e. The fourth-order valence-corrected chi connectivity index (χ4v) is 9.10. The van der Waals surface area contributed by atoms with Crippen molar-refractivity contribution in [2.45, 2.75) is 99.3 Å². The summed E-state index contributed by atoms with van der Waals surface area (Å²) in [6.07, 6.45) is 13.4. The summed E-state index contributed by atoms with van der Waals surface area (Å²) < 4.78 is 0. The van der Waals surface area contributed by atoms with E-state index in [0.717, 1.165) is 42.9 Å². The van der Waals surface area contributed by atoms with Crippen molar-refractivity contribution in [3.05, 3.63) is 11.6 Å². The molecule has 0 aromatic rings. The monoisotopic (exact) mass is 400 g/mol. The smallest absolute Gasteiger partial charge is 0.309 e. The second kappa shape index (κ2) is 7.13. The van der Waals surface area contributed by atoms with Gasteiger partial charge in [-0.3, -0.25) is 4.79 Å². The van der Waals surface area contributed by atoms with Crippen LogP contribution in [0.25, 0.3) is 0 Å². The Bertz CT molecular complexity index is 691. The first-order valence-electron chi connectivity index (χ1n) is 12.5. The zero-order chi connectivity index (χ0) is 21.2. The maximum absolute atomic E-state index is 12.3. The van der Waals surface area contributed by atoms with Crippen LogP contribution in [0.5, 0.6) is 0 Å². The summed E-state index contributed by atoms with van der Waals surface area (Å²) in [6.45, 7) is 14.4. The van der Waals surface area contributed by atoms with Crippen LogP contribution in [0.1, 0.15) is 99.3 Å². The summed E-state index contributed by atoms with van der Waals surface area (Å²) in [5.41, 5.74) is 1.90. The molecule has 29 heavy (non-hydrogen) atoms. The van der Waals surface area contributed by atoms with Gasteiger partial charge in [-0.2, -0.15) is 0 Å². The van der Waals surface area contributed by atoms with Crippen molar-refractivity contribution < 1.29 is 9.90 Å². The number of rotatable bonds is 3. The molecular formula is C27H44O2. The number of aliphatic carboxylic acids is 1. The van der Waals surface area contributed by atoms with E-state index < -0.39 is 11.4 Å². The van der Waals surface area contributed by atoms with E-state index in [-0.39, 0.29) is 5.41 Å². The van der Waals surface area contributed by atoms with Crippen LogP contribution in [0.4, 0.5) is 0 Å². The number of fused-ring (bicyclic) bond motifs is 5. The van der Waals surface area contributed by atoms with Crippen LogP contribution < -0.4 is 0 Å². The highest BCUT2D eigenvalue weighted by atomic mass is 16.4. The van der Waals surface area contributed by atoms with Crippen molar-refractivity contribution in [3.8, 4) is 0 Å². The average molecular weight is 401 g/mol. The van der Waals surface area contributed by atoms with Crippen LogP contribution in [-0.4, -0.2) is 11.1 Å². The number of hydrogen-bond donors (Lipinski definition) is 1. The lowest BCUT2D eigenvalue weighted by Crippen LogP contribution is -2.57. The Balaban J connectivity index is 1.69. The van der Waals surface area contributed by atoms with E-state index in [0.29, 0.717) is 17.3 Å². The molecule has 3 saturated carbocycles. The summed E-state index contributed by atoms with van der Waals surface area (Å²) in [4.78, 5) is 12.3. The fourth-order valence-electron chi connectivity index (χ4n) is 9.10. The van der Waals surface area contributed by atoms with Crippen LogP contribution in [0, 0.1) is 51.8 Å². The van der Waals surface area contributed by atoms with Crippen LogP contribution in [0.3, 0.4) is 0 Å². The summed E-state index contributed by atoms with van der Waals surface area (Å²) in [5, 5.41) is 10.1. The van der Waals surface area contributed by atoms with Gasteiger partial charge in [0.1, 0.15) is 0 Å². The molecule has 0 amide bonds. The van der Waals surface area contributed by atoms with Gasteiger partial charge in [0.2, 0.25) is 0 Å². The molecule has 0 aliphatic heterocycles. The standard InChI is InChI=1S/C27H44O2/c1-7-17(2)23-20-9-11-21-19(18(20)13-16-25(23,3)4)10-12-22-26(21,5)14-8-15-27(22,6)24(28)29/h9,17-19,21-23H,7-8,10-16H2,1-6H3,(H,28,29)/t17?,18?,19?,21?,22?,23?,26?,27-/m0/s1. The van der Waals surface area contributed by atoms with Gasteiger partial charge in [0.15, 0.2) is 0 Å². The molecule has 0 bridgehead atoms. The third-order valence-corrected chi connectivity index (χ3v) is 10.7. The van der Waals surface area contributed by atoms with Crippen molar-refractivity contribution >= 4 is 5.97 Å². The van der Waals surface area contributed by atoms with Gasteiger partial charge >= 0.3 is 5.97 Å². The molecule has 1 N–H and O–H groups in total. The summed E-state index contributed by atoms with van der Waals surface area (Å²) in [6, 6.07) is 0. The molecule has 2 nitrogen and oxygen atoms in total. The molecule has 4 aliphatic rings. The number of allylic oxidation sites excluding steroid dienone is 2. The molecule has 0 saturated heterocycles. The van der Waals surface area contributed by atoms with E-state index in [1.807, 2.05) is 0 Å². The highest BCUT2D eigenvalue weighted by Crippen LogP contribution is 2.67. The minimum atomic E-state index is -0.546. The Morgan fingerprint density at radius 2 is 1.86 bits per heavy atom. The van der Waals surface area contributed by atoms with Gasteiger partial charge in [-0.1, -0.05) is 59.1 Å². The highest BCUT2D eigenvalue weighted by Gasteiger charge is 2.61. The number of carbonyl (C=O) groups is 1. The first-order chi connectivity index (χ1) is 13.6. The third-order valence-electron chi connectivity index (χ3n) is 10.7. The lowest BCUT2D eigenvalue weighted by molar-refractivity contribution is -0.172. The number of carboxylic acids is 1. The Hall–Kier alpha value is -0.790. The van der Waals surface area contributed by atoms with Crippen molar-refractivity contribution in [3.63, 3.8) is 0 Å². The lowest BCUT2D eigenvalue weighted by Gasteiger charge is -2.62. The van der Waals surface area contributed by atoms with E-state index in [1.54, 1.807) is 5.57 Å². The summed E-state index contributed by atoms with van der Waals surface area (Å²) in [7, 11) is 0. The van der Waals surface area contributed by atoms with Crippen LogP contribution in [0.15, 0.2) is 11.6 Å². The largest absolute Gasteiger partial charge is 0.481 e. The van der Waals surface area contributed by atoms with E-state index in [2.05, 4.69) is 47.6 Å². The molecule has 0 aromatic carbocycles. The number of hydrogen-bond acceptors (Lipinski definition) is 1. The minimum absolute atomic E-state index is 0.204. The summed E-state index contributed by atoms with van der Waals surface area (Å²) in [5.74, 6) is 3.53. The van der Waals surface area contributed by atoms with Crippen molar-refractivity contribution in [1.82, 2.24) is 0 Å². The van der Waals surface area contributed by atoms with Gasteiger partial charge in [0.25, 0.3) is 0 Å². The zero-order valence-corrected chi connectivity index (χ0v) is 19.8. The molecule has 4 rings (SSSR count). The van der Waals surface area contributed by atoms with Crippen LogP contribution in [0.2, 0.25) is 0 Å². The van der Waals surface area contributed by atoms with Gasteiger partial charge in [-0.25, -0.2) is 0 Å². The molecule has 0 radical (unpaired) electrons. The first kappa shape index (κ1) is 21.4. The van der Waals surface area contributed by atoms with E-state index >= 15 is 0 Å². The SMILES string of the molecule is CCC(C)C1C2=CCC3C(CCC4C3(C)CCC[C@]4(C)C(=O)O)C2CCC1(C)C. The first-order valence-corrected chi connectivity index (χ1v) is 12.5. The van der Waals surface area contributed by atoms with Crippen LogP contribution >= 0.6 is 0 Å². The maximum Gasteiger partial charge on any atom is 0.309 e. The second-order valence-corrected chi connectivity index (χ2v) is 12.4. The van der Waals surface area contributed by atoms with Gasteiger partial charge < -0.3 is 5.11 Å². The Morgan fingerprint density at radius 1 is 1.14 bits per heavy atom. The van der Waals surface area contributed by atoms with Crippen LogP contribution in [-0.2, 0) is 4.79 Å². The summed E-state index contributed by atoms with van der Waals surface area (Å²) >= 11 is 0. The van der Waals surface area contributed by atoms with E-state index in [9.17, 15) is 9.90 Å². The fraction of sp³-hybridized carbons (Fsp3) is 0.889. The van der Waals surface area contributed by atoms with Gasteiger partial charge in [0, 0.05) is 0 Å². The third kappa shape index (κ3) is 3.06. The van der Waals surface area contributed by atoms with Crippen molar-refractivity contribution in [1.29, 1.82) is 0 Å². The number of carboxylic acid groups (broad SMARTS) is 1. The quantitative estimate of drug-likeness (QED) is 0.503.